The van der Waals surface area contributed by atoms with Crippen LogP contribution in [0.3, 0.4) is 0 Å². The molecular formula is C14H14BrNO. The van der Waals surface area contributed by atoms with Crippen molar-refractivity contribution < 1.29 is 4.74 Å². The van der Waals surface area contributed by atoms with E-state index < -0.39 is 0 Å². The highest BCUT2D eigenvalue weighted by Gasteiger charge is 2.64. The van der Waals surface area contributed by atoms with Gasteiger partial charge in [0.1, 0.15) is 0 Å². The van der Waals surface area contributed by atoms with Crippen LogP contribution >= 0.6 is 15.9 Å². The van der Waals surface area contributed by atoms with Crippen molar-refractivity contribution in [3.8, 4) is 6.07 Å². The van der Waals surface area contributed by atoms with E-state index in [1.54, 1.807) is 0 Å². The van der Waals surface area contributed by atoms with Crippen molar-refractivity contribution in [2.24, 2.45) is 5.41 Å². The van der Waals surface area contributed by atoms with Crippen LogP contribution in [0.15, 0.2) is 22.7 Å². The lowest BCUT2D eigenvalue weighted by Crippen LogP contribution is -2.53. The molecule has 2 fully saturated rings. The Balaban J connectivity index is 2.13. The molecule has 0 amide bonds. The lowest BCUT2D eigenvalue weighted by Gasteiger charge is -2.46. The van der Waals surface area contributed by atoms with Gasteiger partial charge in [0.25, 0.3) is 0 Å². The smallest absolute Gasteiger partial charge is 0.0716 e. The Morgan fingerprint density at radius 1 is 1.35 bits per heavy atom. The van der Waals surface area contributed by atoms with Crippen LogP contribution in [0.25, 0.3) is 0 Å². The van der Waals surface area contributed by atoms with Gasteiger partial charge in [0.05, 0.1) is 30.1 Å². The first-order valence-corrected chi connectivity index (χ1v) is 6.69. The zero-order chi connectivity index (χ0) is 12.1. The Hall–Kier alpha value is -0.850. The van der Waals surface area contributed by atoms with E-state index in [1.165, 1.54) is 11.1 Å². The maximum absolute atomic E-state index is 9.46. The number of hydrogen-bond acceptors (Lipinski definition) is 2. The molecule has 0 unspecified atom stereocenters. The molecule has 0 bridgehead atoms. The van der Waals surface area contributed by atoms with Crippen molar-refractivity contribution in [3.63, 3.8) is 0 Å². The fourth-order valence-electron chi connectivity index (χ4n) is 2.93. The second-order valence-electron chi connectivity index (χ2n) is 5.23. The minimum absolute atomic E-state index is 0.0599. The summed E-state index contributed by atoms with van der Waals surface area (Å²) in [5, 5.41) is 9.46. The van der Waals surface area contributed by atoms with Gasteiger partial charge in [-0.15, -0.1) is 0 Å². The molecule has 1 aromatic carbocycles. The molecule has 1 saturated carbocycles. The third kappa shape index (κ3) is 1.41. The number of ether oxygens (including phenoxy) is 1. The first-order chi connectivity index (χ1) is 8.13. The lowest BCUT2D eigenvalue weighted by atomic mass is 9.65. The molecule has 0 atom stereocenters. The van der Waals surface area contributed by atoms with Gasteiger partial charge in [0, 0.05) is 4.47 Å². The summed E-state index contributed by atoms with van der Waals surface area (Å²) in [6.45, 7) is 3.50. The maximum Gasteiger partial charge on any atom is 0.0716 e. The number of rotatable bonds is 2. The summed E-state index contributed by atoms with van der Waals surface area (Å²) in [5.74, 6) is 0. The fourth-order valence-corrected chi connectivity index (χ4v) is 3.29. The molecule has 1 aromatic rings. The largest absolute Gasteiger partial charge is 0.379 e. The zero-order valence-corrected chi connectivity index (χ0v) is 11.4. The topological polar surface area (TPSA) is 33.0 Å². The summed E-state index contributed by atoms with van der Waals surface area (Å²) in [6.07, 6.45) is 2.03. The molecule has 2 nitrogen and oxygen atoms in total. The Labute approximate surface area is 110 Å². The van der Waals surface area contributed by atoms with Gasteiger partial charge in [-0.25, -0.2) is 0 Å². The molecule has 1 saturated heterocycles. The van der Waals surface area contributed by atoms with Crippen molar-refractivity contribution in [1.82, 2.24) is 0 Å². The number of halogens is 1. The summed E-state index contributed by atoms with van der Waals surface area (Å²) < 4.78 is 6.53. The van der Waals surface area contributed by atoms with Gasteiger partial charge in [0.2, 0.25) is 0 Å². The van der Waals surface area contributed by atoms with Gasteiger partial charge >= 0.3 is 0 Å². The van der Waals surface area contributed by atoms with Crippen LogP contribution in [-0.4, -0.2) is 13.2 Å². The Morgan fingerprint density at radius 2 is 2.06 bits per heavy atom. The first-order valence-electron chi connectivity index (χ1n) is 5.89. The van der Waals surface area contributed by atoms with E-state index in [9.17, 15) is 5.26 Å². The fraction of sp³-hybridized carbons (Fsp3) is 0.500. The van der Waals surface area contributed by atoms with E-state index in [1.807, 2.05) is 0 Å². The number of benzene rings is 1. The SMILES string of the molecule is Cc1ccc(Br)cc1C1(C2(C#N)CC2)COC1. The molecule has 0 N–H and O–H groups in total. The second kappa shape index (κ2) is 3.57. The molecule has 1 aliphatic carbocycles. The highest BCUT2D eigenvalue weighted by Crippen LogP contribution is 2.62. The Morgan fingerprint density at radius 3 is 2.53 bits per heavy atom. The molecule has 88 valence electrons. The average molecular weight is 292 g/mol. The quantitative estimate of drug-likeness (QED) is 0.837. The van der Waals surface area contributed by atoms with E-state index in [0.717, 1.165) is 17.3 Å². The van der Waals surface area contributed by atoms with Crippen LogP contribution < -0.4 is 0 Å². The van der Waals surface area contributed by atoms with Crippen LogP contribution in [0.5, 0.6) is 0 Å². The molecule has 0 spiro atoms. The van der Waals surface area contributed by atoms with Crippen molar-refractivity contribution in [3.05, 3.63) is 33.8 Å². The van der Waals surface area contributed by atoms with Gasteiger partial charge in [-0.1, -0.05) is 22.0 Å². The van der Waals surface area contributed by atoms with Gasteiger partial charge in [-0.2, -0.15) is 5.26 Å². The zero-order valence-electron chi connectivity index (χ0n) is 9.79. The van der Waals surface area contributed by atoms with E-state index in [4.69, 9.17) is 4.74 Å². The molecule has 1 heterocycles. The molecule has 3 heteroatoms. The normalized spacial score (nSPS) is 23.6. The molecule has 2 aliphatic rings. The van der Waals surface area contributed by atoms with E-state index in [2.05, 4.69) is 47.1 Å². The Bertz CT molecular complexity index is 509. The number of hydrogen-bond donors (Lipinski definition) is 0. The van der Waals surface area contributed by atoms with E-state index in [0.29, 0.717) is 13.2 Å². The van der Waals surface area contributed by atoms with Crippen molar-refractivity contribution in [1.29, 1.82) is 5.26 Å². The van der Waals surface area contributed by atoms with E-state index in [-0.39, 0.29) is 10.8 Å². The van der Waals surface area contributed by atoms with Crippen molar-refractivity contribution in [2.75, 3.05) is 13.2 Å². The standard InChI is InChI=1S/C14H14BrNO/c1-10-2-3-11(15)6-12(10)14(8-17-9-14)13(7-16)4-5-13/h2-3,6H,4-5,8-9H2,1H3. The van der Waals surface area contributed by atoms with Crippen molar-refractivity contribution in [2.45, 2.75) is 25.2 Å². The van der Waals surface area contributed by atoms with Crippen LogP contribution in [0.2, 0.25) is 0 Å². The molecule has 3 rings (SSSR count). The van der Waals surface area contributed by atoms with E-state index >= 15 is 0 Å². The average Bonchev–Trinajstić information content (AvgIpc) is 3.03. The minimum atomic E-state index is -0.170. The predicted octanol–water partition coefficient (Wildman–Crippen LogP) is 3.33. The highest BCUT2D eigenvalue weighted by molar-refractivity contribution is 9.10. The summed E-state index contributed by atoms with van der Waals surface area (Å²) >= 11 is 3.53. The number of aryl methyl sites for hydroxylation is 1. The minimum Gasteiger partial charge on any atom is -0.379 e. The van der Waals surface area contributed by atoms with Crippen LogP contribution in [-0.2, 0) is 10.2 Å². The highest BCUT2D eigenvalue weighted by atomic mass is 79.9. The molecule has 17 heavy (non-hydrogen) atoms. The van der Waals surface area contributed by atoms with Gasteiger partial charge in [0.15, 0.2) is 0 Å². The molecule has 0 radical (unpaired) electrons. The van der Waals surface area contributed by atoms with Gasteiger partial charge in [-0.05, 0) is 43.0 Å². The van der Waals surface area contributed by atoms with Gasteiger partial charge in [-0.3, -0.25) is 0 Å². The summed E-state index contributed by atoms with van der Waals surface area (Å²) in [5.41, 5.74) is 2.32. The third-order valence-electron chi connectivity index (χ3n) is 4.29. The Kier molecular flexibility index (Phi) is 2.36. The lowest BCUT2D eigenvalue weighted by molar-refractivity contribution is -0.0870. The van der Waals surface area contributed by atoms with Crippen LogP contribution in [0, 0.1) is 23.7 Å². The first kappa shape index (κ1) is 11.3. The van der Waals surface area contributed by atoms with Crippen LogP contribution in [0.4, 0.5) is 0 Å². The van der Waals surface area contributed by atoms with Gasteiger partial charge < -0.3 is 4.74 Å². The van der Waals surface area contributed by atoms with Crippen LogP contribution in [0.1, 0.15) is 24.0 Å². The second-order valence-corrected chi connectivity index (χ2v) is 6.14. The predicted molar refractivity (Wildman–Crippen MR) is 68.7 cm³/mol. The summed E-state index contributed by atoms with van der Waals surface area (Å²) in [6, 6.07) is 8.88. The third-order valence-corrected chi connectivity index (χ3v) is 4.79. The number of nitriles is 1. The number of nitrogens with zero attached hydrogens (tertiary/aromatic N) is 1. The molecule has 0 aromatic heterocycles. The maximum atomic E-state index is 9.46. The van der Waals surface area contributed by atoms with Crippen molar-refractivity contribution >= 4 is 15.9 Å². The molecule has 1 aliphatic heterocycles. The summed E-state index contributed by atoms with van der Waals surface area (Å²) in [4.78, 5) is 0. The summed E-state index contributed by atoms with van der Waals surface area (Å²) in [7, 11) is 0. The monoisotopic (exact) mass is 291 g/mol. The molecular weight excluding hydrogens is 278 g/mol.